The summed E-state index contributed by atoms with van der Waals surface area (Å²) in [5, 5.41) is 13.0. The third-order valence-corrected chi connectivity index (χ3v) is 5.46. The van der Waals surface area contributed by atoms with Gasteiger partial charge in [0.2, 0.25) is 5.91 Å². The quantitative estimate of drug-likeness (QED) is 0.670. The highest BCUT2D eigenvalue weighted by Gasteiger charge is 2.26. The molecule has 23 heavy (non-hydrogen) atoms. The molecule has 0 aliphatic carbocycles. The summed E-state index contributed by atoms with van der Waals surface area (Å²) in [6, 6.07) is 11.3. The maximum absolute atomic E-state index is 12.0. The van der Waals surface area contributed by atoms with Crippen molar-refractivity contribution in [2.45, 2.75) is 16.9 Å². The van der Waals surface area contributed by atoms with Crippen LogP contribution in [0.1, 0.15) is 12.7 Å². The number of thioether (sulfide) groups is 1. The van der Waals surface area contributed by atoms with Crippen LogP contribution in [0.4, 0.5) is 0 Å². The highest BCUT2D eigenvalue weighted by molar-refractivity contribution is 8.01. The van der Waals surface area contributed by atoms with E-state index in [4.69, 9.17) is 4.42 Å². The minimum atomic E-state index is -1.22. The number of nitrogens with one attached hydrogen (secondary N) is 1. The third-order valence-electron chi connectivity index (χ3n) is 3.28. The molecule has 1 atom stereocenters. The highest BCUT2D eigenvalue weighted by atomic mass is 32.2. The number of benzene rings is 1. The molecule has 0 aliphatic rings. The summed E-state index contributed by atoms with van der Waals surface area (Å²) in [5.74, 6) is 0.534. The molecule has 1 aromatic carbocycles. The average molecular weight is 348 g/mol. The van der Waals surface area contributed by atoms with Crippen LogP contribution in [0.3, 0.4) is 0 Å². The van der Waals surface area contributed by atoms with E-state index in [0.717, 1.165) is 14.6 Å². The fraction of sp³-hybridized carbons (Fsp3) is 0.250. The Morgan fingerprint density at radius 3 is 2.96 bits per heavy atom. The van der Waals surface area contributed by atoms with Gasteiger partial charge in [-0.25, -0.2) is 4.98 Å². The zero-order valence-corrected chi connectivity index (χ0v) is 14.1. The number of hydrogen-bond acceptors (Lipinski definition) is 6. The Bertz CT molecular complexity index is 764. The maximum Gasteiger partial charge on any atom is 0.230 e. The monoisotopic (exact) mass is 348 g/mol. The van der Waals surface area contributed by atoms with Crippen molar-refractivity contribution in [2.24, 2.45) is 0 Å². The number of rotatable bonds is 6. The number of nitrogens with zero attached hydrogens (tertiary/aromatic N) is 1. The zero-order chi connectivity index (χ0) is 16.3. The molecule has 2 N–H and O–H groups in total. The second kappa shape index (κ2) is 6.74. The lowest BCUT2D eigenvalue weighted by Gasteiger charge is -2.20. The van der Waals surface area contributed by atoms with Crippen molar-refractivity contribution < 1.29 is 14.3 Å². The lowest BCUT2D eigenvalue weighted by Crippen LogP contribution is -2.39. The van der Waals surface area contributed by atoms with E-state index in [0.29, 0.717) is 5.76 Å². The molecule has 2 heterocycles. The van der Waals surface area contributed by atoms with Crippen LogP contribution in [-0.4, -0.2) is 28.3 Å². The number of thiazole rings is 1. The standard InChI is InChI=1S/C16H16N2O3S2/c1-16(20,13-7-4-8-21-13)10-17-14(19)9-22-15-18-11-5-2-3-6-12(11)23-15/h2-8,20H,9-10H2,1H3,(H,17,19). The predicted molar refractivity (Wildman–Crippen MR) is 91.6 cm³/mol. The van der Waals surface area contributed by atoms with Crippen LogP contribution in [0.5, 0.6) is 0 Å². The van der Waals surface area contributed by atoms with Gasteiger partial charge in [0.25, 0.3) is 0 Å². The van der Waals surface area contributed by atoms with Crippen LogP contribution in [0.2, 0.25) is 0 Å². The van der Waals surface area contributed by atoms with E-state index in [1.165, 1.54) is 18.0 Å². The number of aliphatic hydroxyl groups is 1. The zero-order valence-electron chi connectivity index (χ0n) is 12.5. The van der Waals surface area contributed by atoms with Gasteiger partial charge in [-0.05, 0) is 31.2 Å². The van der Waals surface area contributed by atoms with E-state index >= 15 is 0 Å². The Morgan fingerprint density at radius 1 is 1.39 bits per heavy atom. The molecule has 0 bridgehead atoms. The molecular formula is C16H16N2O3S2. The van der Waals surface area contributed by atoms with Crippen molar-refractivity contribution >= 4 is 39.2 Å². The smallest absolute Gasteiger partial charge is 0.230 e. The van der Waals surface area contributed by atoms with Crippen LogP contribution in [-0.2, 0) is 10.4 Å². The Hall–Kier alpha value is -1.83. The molecule has 1 unspecified atom stereocenters. The molecule has 3 rings (SSSR count). The van der Waals surface area contributed by atoms with E-state index in [-0.39, 0.29) is 18.2 Å². The Balaban J connectivity index is 1.51. The number of furan rings is 1. The number of aromatic nitrogens is 1. The van der Waals surface area contributed by atoms with Gasteiger partial charge in [0.15, 0.2) is 4.34 Å². The largest absolute Gasteiger partial charge is 0.466 e. The van der Waals surface area contributed by atoms with Gasteiger partial charge >= 0.3 is 0 Å². The molecule has 0 spiro atoms. The van der Waals surface area contributed by atoms with Crippen molar-refractivity contribution in [3.05, 3.63) is 48.4 Å². The Kier molecular flexibility index (Phi) is 4.70. The fourth-order valence-electron chi connectivity index (χ4n) is 2.03. The molecular weight excluding hydrogens is 332 g/mol. The summed E-state index contributed by atoms with van der Waals surface area (Å²) >= 11 is 2.96. The highest BCUT2D eigenvalue weighted by Crippen LogP contribution is 2.29. The van der Waals surface area contributed by atoms with Crippen LogP contribution in [0.25, 0.3) is 10.2 Å². The SMILES string of the molecule is CC(O)(CNC(=O)CSc1nc2ccccc2s1)c1ccco1. The van der Waals surface area contributed by atoms with Crippen molar-refractivity contribution in [3.63, 3.8) is 0 Å². The molecule has 0 fully saturated rings. The minimum absolute atomic E-state index is 0.0970. The molecule has 0 radical (unpaired) electrons. The normalized spacial score (nSPS) is 13.8. The first-order valence-electron chi connectivity index (χ1n) is 7.06. The number of carbonyl (C=O) groups is 1. The first-order chi connectivity index (χ1) is 11.0. The molecule has 0 saturated carbocycles. The topological polar surface area (TPSA) is 75.4 Å². The lowest BCUT2D eigenvalue weighted by molar-refractivity contribution is -0.119. The van der Waals surface area contributed by atoms with Gasteiger partial charge in [-0.1, -0.05) is 23.9 Å². The number of fused-ring (bicyclic) bond motifs is 1. The first-order valence-corrected chi connectivity index (χ1v) is 8.86. The number of carbonyl (C=O) groups excluding carboxylic acids is 1. The van der Waals surface area contributed by atoms with Gasteiger partial charge in [0, 0.05) is 0 Å². The molecule has 5 nitrogen and oxygen atoms in total. The first kappa shape index (κ1) is 16.0. The van der Waals surface area contributed by atoms with Crippen LogP contribution in [0.15, 0.2) is 51.4 Å². The van der Waals surface area contributed by atoms with Gasteiger partial charge in [-0.15, -0.1) is 11.3 Å². The molecule has 7 heteroatoms. The summed E-state index contributed by atoms with van der Waals surface area (Å²) in [6.07, 6.45) is 1.49. The summed E-state index contributed by atoms with van der Waals surface area (Å²) in [6.45, 7) is 1.70. The third kappa shape index (κ3) is 3.93. The van der Waals surface area contributed by atoms with Gasteiger partial charge < -0.3 is 14.8 Å². The Labute approximate surface area is 141 Å². The van der Waals surface area contributed by atoms with Crippen molar-refractivity contribution in [1.29, 1.82) is 0 Å². The van der Waals surface area contributed by atoms with Crippen LogP contribution >= 0.6 is 23.1 Å². The second-order valence-electron chi connectivity index (χ2n) is 5.26. The van der Waals surface area contributed by atoms with Gasteiger partial charge in [-0.3, -0.25) is 4.79 Å². The lowest BCUT2D eigenvalue weighted by atomic mass is 10.0. The van der Waals surface area contributed by atoms with Crippen molar-refractivity contribution in [3.8, 4) is 0 Å². The predicted octanol–water partition coefficient (Wildman–Crippen LogP) is 3.01. The maximum atomic E-state index is 12.0. The number of para-hydroxylation sites is 1. The average Bonchev–Trinajstić information content (AvgIpc) is 3.20. The van der Waals surface area contributed by atoms with Crippen molar-refractivity contribution in [2.75, 3.05) is 12.3 Å². The summed E-state index contributed by atoms with van der Waals surface area (Å²) < 4.78 is 7.15. The molecule has 0 aliphatic heterocycles. The summed E-state index contributed by atoms with van der Waals surface area (Å²) in [5.41, 5.74) is -0.277. The fourth-order valence-corrected chi connectivity index (χ4v) is 3.93. The van der Waals surface area contributed by atoms with Gasteiger partial charge in [0.05, 0.1) is 28.8 Å². The molecule has 120 valence electrons. The van der Waals surface area contributed by atoms with Crippen molar-refractivity contribution in [1.82, 2.24) is 10.3 Å². The second-order valence-corrected chi connectivity index (χ2v) is 7.52. The summed E-state index contributed by atoms with van der Waals surface area (Å²) in [4.78, 5) is 16.4. The molecule has 2 aromatic heterocycles. The van der Waals surface area contributed by atoms with E-state index in [1.54, 1.807) is 30.4 Å². The molecule has 1 amide bonds. The van der Waals surface area contributed by atoms with E-state index < -0.39 is 5.60 Å². The van der Waals surface area contributed by atoms with E-state index in [1.807, 2.05) is 24.3 Å². The van der Waals surface area contributed by atoms with Gasteiger partial charge in [0.1, 0.15) is 11.4 Å². The van der Waals surface area contributed by atoms with Crippen LogP contribution in [0, 0.1) is 0 Å². The molecule has 0 saturated heterocycles. The minimum Gasteiger partial charge on any atom is -0.466 e. The number of amides is 1. The van der Waals surface area contributed by atoms with E-state index in [2.05, 4.69) is 10.3 Å². The molecule has 3 aromatic rings. The summed E-state index contributed by atoms with van der Waals surface area (Å²) in [7, 11) is 0. The van der Waals surface area contributed by atoms with E-state index in [9.17, 15) is 9.90 Å². The number of hydrogen-bond donors (Lipinski definition) is 2. The Morgan fingerprint density at radius 2 is 2.22 bits per heavy atom. The van der Waals surface area contributed by atoms with Gasteiger partial charge in [-0.2, -0.15) is 0 Å². The van der Waals surface area contributed by atoms with Crippen LogP contribution < -0.4 is 5.32 Å².